The molecule has 9 heteroatoms. The van der Waals surface area contributed by atoms with Crippen LogP contribution in [0.4, 0.5) is 5.82 Å². The number of anilines is 1. The summed E-state index contributed by atoms with van der Waals surface area (Å²) < 4.78 is 1.70. The zero-order chi connectivity index (χ0) is 19.3. The highest BCUT2D eigenvalue weighted by Crippen LogP contribution is 2.13. The monoisotopic (exact) mass is 412 g/mol. The Bertz CT molecular complexity index is 1090. The van der Waals surface area contributed by atoms with E-state index in [0.29, 0.717) is 41.6 Å². The minimum absolute atomic E-state index is 0.178. The van der Waals surface area contributed by atoms with Gasteiger partial charge in [-0.15, -0.1) is 26.6 Å². The average Bonchev–Trinajstić information content (AvgIpc) is 3.36. The van der Waals surface area contributed by atoms with Crippen LogP contribution in [0.15, 0.2) is 53.9 Å². The molecular weight excluding hydrogens is 396 g/mol. The Labute approximate surface area is 170 Å². The molecule has 0 saturated heterocycles. The molecular formula is C19H17ClN6OS. The first-order valence-corrected chi connectivity index (χ1v) is 9.96. The molecule has 4 rings (SSSR count). The Kier molecular flexibility index (Phi) is 5.50. The molecule has 0 unspecified atom stereocenters. The summed E-state index contributed by atoms with van der Waals surface area (Å²) in [5.74, 6) is 1.24. The van der Waals surface area contributed by atoms with Gasteiger partial charge in [0, 0.05) is 28.4 Å². The second-order valence-corrected chi connectivity index (χ2v) is 7.52. The molecule has 1 amide bonds. The van der Waals surface area contributed by atoms with E-state index in [-0.39, 0.29) is 5.91 Å². The van der Waals surface area contributed by atoms with Gasteiger partial charge in [-0.25, -0.2) is 0 Å². The first-order chi connectivity index (χ1) is 13.7. The summed E-state index contributed by atoms with van der Waals surface area (Å²) in [5.41, 5.74) is 1.19. The number of nitrogens with one attached hydrogen (secondary N) is 2. The van der Waals surface area contributed by atoms with Gasteiger partial charge in [0.25, 0.3) is 5.91 Å². The van der Waals surface area contributed by atoms with Crippen molar-refractivity contribution in [3.05, 3.63) is 75.2 Å². The summed E-state index contributed by atoms with van der Waals surface area (Å²) in [6.07, 6.45) is 0.509. The normalized spacial score (nSPS) is 10.9. The van der Waals surface area contributed by atoms with E-state index < -0.39 is 0 Å². The second-order valence-electron chi connectivity index (χ2n) is 6.05. The number of rotatable bonds is 7. The number of thiophene rings is 1. The molecule has 142 valence electrons. The van der Waals surface area contributed by atoms with E-state index in [1.165, 1.54) is 4.88 Å². The first-order valence-electron chi connectivity index (χ1n) is 8.70. The quantitative estimate of drug-likeness (QED) is 0.486. The van der Waals surface area contributed by atoms with Crippen LogP contribution in [-0.4, -0.2) is 32.3 Å². The molecule has 0 saturated carbocycles. The molecule has 7 nitrogen and oxygen atoms in total. The third-order valence-corrected chi connectivity index (χ3v) is 5.18. The lowest BCUT2D eigenvalue weighted by molar-refractivity contribution is 0.0954. The van der Waals surface area contributed by atoms with E-state index in [2.05, 4.69) is 32.0 Å². The SMILES string of the molecule is O=C(NCCc1nnc2ccc(NCc3cccs3)nn12)c1cccc(Cl)c1. The van der Waals surface area contributed by atoms with Gasteiger partial charge in [0.15, 0.2) is 11.5 Å². The number of fused-ring (bicyclic) bond motifs is 1. The molecule has 0 fully saturated rings. The summed E-state index contributed by atoms with van der Waals surface area (Å²) >= 11 is 7.62. The molecule has 1 aromatic carbocycles. The lowest BCUT2D eigenvalue weighted by Gasteiger charge is -2.06. The van der Waals surface area contributed by atoms with Crippen molar-refractivity contribution in [2.45, 2.75) is 13.0 Å². The van der Waals surface area contributed by atoms with Crippen molar-refractivity contribution in [2.24, 2.45) is 0 Å². The average molecular weight is 413 g/mol. The molecule has 0 aliphatic heterocycles. The Morgan fingerprint density at radius 2 is 2.07 bits per heavy atom. The lowest BCUT2D eigenvalue weighted by Crippen LogP contribution is -2.26. The van der Waals surface area contributed by atoms with Crippen molar-refractivity contribution < 1.29 is 4.79 Å². The van der Waals surface area contributed by atoms with E-state index >= 15 is 0 Å². The van der Waals surface area contributed by atoms with Crippen LogP contribution in [0.1, 0.15) is 21.1 Å². The Hall–Kier alpha value is -2.97. The van der Waals surface area contributed by atoms with Crippen LogP contribution in [-0.2, 0) is 13.0 Å². The number of nitrogens with zero attached hydrogens (tertiary/aromatic N) is 4. The van der Waals surface area contributed by atoms with Crippen molar-refractivity contribution in [1.29, 1.82) is 0 Å². The van der Waals surface area contributed by atoms with E-state index in [0.717, 1.165) is 5.82 Å². The standard InChI is InChI=1S/C19H17ClN6OS/c20-14-4-1-3-13(11-14)19(27)21-9-8-18-24-23-17-7-6-16(25-26(17)18)22-12-15-5-2-10-28-15/h1-7,10-11H,8-9,12H2,(H,21,27)(H,22,25). The van der Waals surface area contributed by atoms with Crippen LogP contribution in [0.2, 0.25) is 5.02 Å². The van der Waals surface area contributed by atoms with Crippen molar-refractivity contribution in [3.8, 4) is 0 Å². The fourth-order valence-electron chi connectivity index (χ4n) is 2.69. The number of benzene rings is 1. The molecule has 2 N–H and O–H groups in total. The van der Waals surface area contributed by atoms with Crippen LogP contribution in [0.25, 0.3) is 5.65 Å². The molecule has 0 bridgehead atoms. The van der Waals surface area contributed by atoms with E-state index in [1.54, 1.807) is 40.1 Å². The molecule has 28 heavy (non-hydrogen) atoms. The van der Waals surface area contributed by atoms with E-state index in [4.69, 9.17) is 11.6 Å². The van der Waals surface area contributed by atoms with Gasteiger partial charge in [0.05, 0.1) is 6.54 Å². The number of aromatic nitrogens is 4. The van der Waals surface area contributed by atoms with Crippen LogP contribution < -0.4 is 10.6 Å². The fourth-order valence-corrected chi connectivity index (χ4v) is 3.53. The maximum absolute atomic E-state index is 12.2. The van der Waals surface area contributed by atoms with Crippen LogP contribution in [0.3, 0.4) is 0 Å². The van der Waals surface area contributed by atoms with Crippen molar-refractivity contribution >= 4 is 40.3 Å². The van der Waals surface area contributed by atoms with Crippen LogP contribution in [0, 0.1) is 0 Å². The Morgan fingerprint density at radius 1 is 1.14 bits per heavy atom. The number of carbonyl (C=O) groups is 1. The number of hydrogen-bond donors (Lipinski definition) is 2. The minimum Gasteiger partial charge on any atom is -0.364 e. The summed E-state index contributed by atoms with van der Waals surface area (Å²) in [6.45, 7) is 1.13. The topological polar surface area (TPSA) is 84.2 Å². The highest BCUT2D eigenvalue weighted by molar-refractivity contribution is 7.09. The van der Waals surface area contributed by atoms with Gasteiger partial charge in [-0.2, -0.15) is 4.52 Å². The van der Waals surface area contributed by atoms with Gasteiger partial charge >= 0.3 is 0 Å². The number of amides is 1. The van der Waals surface area contributed by atoms with Gasteiger partial charge in [0.1, 0.15) is 5.82 Å². The van der Waals surface area contributed by atoms with Gasteiger partial charge in [0.2, 0.25) is 0 Å². The fraction of sp³-hybridized carbons (Fsp3) is 0.158. The smallest absolute Gasteiger partial charge is 0.251 e. The van der Waals surface area contributed by atoms with Crippen molar-refractivity contribution in [2.75, 3.05) is 11.9 Å². The Balaban J connectivity index is 1.39. The second kappa shape index (κ2) is 8.37. The summed E-state index contributed by atoms with van der Waals surface area (Å²) in [6, 6.07) is 14.7. The highest BCUT2D eigenvalue weighted by atomic mass is 35.5. The molecule has 0 aliphatic rings. The third kappa shape index (κ3) is 4.29. The molecule has 0 radical (unpaired) electrons. The molecule has 0 aliphatic carbocycles. The molecule has 0 atom stereocenters. The zero-order valence-electron chi connectivity index (χ0n) is 14.8. The molecule has 0 spiro atoms. The van der Waals surface area contributed by atoms with Crippen LogP contribution >= 0.6 is 22.9 Å². The maximum atomic E-state index is 12.2. The predicted octanol–water partition coefficient (Wildman–Crippen LogP) is 3.42. The molecule has 3 aromatic heterocycles. The van der Waals surface area contributed by atoms with Gasteiger partial charge in [-0.05, 0) is 41.8 Å². The van der Waals surface area contributed by atoms with Crippen LogP contribution in [0.5, 0.6) is 0 Å². The lowest BCUT2D eigenvalue weighted by atomic mass is 10.2. The van der Waals surface area contributed by atoms with E-state index in [9.17, 15) is 4.79 Å². The van der Waals surface area contributed by atoms with Gasteiger partial charge in [-0.1, -0.05) is 23.7 Å². The minimum atomic E-state index is -0.178. The molecule has 3 heterocycles. The summed E-state index contributed by atoms with van der Waals surface area (Å²) in [4.78, 5) is 13.4. The zero-order valence-corrected chi connectivity index (χ0v) is 16.4. The number of hydrogen-bond acceptors (Lipinski definition) is 6. The molecule has 4 aromatic rings. The number of halogens is 1. The third-order valence-electron chi connectivity index (χ3n) is 4.07. The van der Waals surface area contributed by atoms with Crippen molar-refractivity contribution in [1.82, 2.24) is 25.1 Å². The highest BCUT2D eigenvalue weighted by Gasteiger charge is 2.10. The predicted molar refractivity (Wildman–Crippen MR) is 110 cm³/mol. The largest absolute Gasteiger partial charge is 0.364 e. The Morgan fingerprint density at radius 3 is 2.89 bits per heavy atom. The summed E-state index contributed by atoms with van der Waals surface area (Å²) in [7, 11) is 0. The number of carbonyl (C=O) groups excluding carboxylic acids is 1. The van der Waals surface area contributed by atoms with E-state index in [1.807, 2.05) is 23.6 Å². The maximum Gasteiger partial charge on any atom is 0.251 e. The van der Waals surface area contributed by atoms with Crippen molar-refractivity contribution in [3.63, 3.8) is 0 Å². The van der Waals surface area contributed by atoms with Gasteiger partial charge in [-0.3, -0.25) is 4.79 Å². The summed E-state index contributed by atoms with van der Waals surface area (Å²) in [5, 5.41) is 21.6. The first kappa shape index (κ1) is 18.4. The van der Waals surface area contributed by atoms with Gasteiger partial charge < -0.3 is 10.6 Å².